The summed E-state index contributed by atoms with van der Waals surface area (Å²) in [6, 6.07) is 0. The van der Waals surface area contributed by atoms with Crippen LogP contribution in [0.2, 0.25) is 0 Å². The van der Waals surface area contributed by atoms with Crippen molar-refractivity contribution in [2.45, 2.75) is 13.1 Å². The molecular formula is C13H22F2N4O2. The van der Waals surface area contributed by atoms with Crippen molar-refractivity contribution in [2.75, 3.05) is 52.5 Å². The maximum atomic E-state index is 12.7. The minimum absolute atomic E-state index is 0.0462. The smallest absolute Gasteiger partial charge is 0.319 e. The van der Waals surface area contributed by atoms with E-state index in [4.69, 9.17) is 9.84 Å². The fraction of sp³-hybridized carbons (Fsp3) is 0.769. The summed E-state index contributed by atoms with van der Waals surface area (Å²) in [6.07, 6.45) is 2.73. The Labute approximate surface area is 122 Å². The minimum atomic E-state index is -2.53. The molecule has 8 heteroatoms. The zero-order valence-corrected chi connectivity index (χ0v) is 12.0. The minimum Gasteiger partial charge on any atom is -0.394 e. The molecule has 0 atom stereocenters. The van der Waals surface area contributed by atoms with E-state index in [1.54, 1.807) is 0 Å². The van der Waals surface area contributed by atoms with E-state index in [1.165, 1.54) is 12.4 Å². The van der Waals surface area contributed by atoms with Gasteiger partial charge in [-0.2, -0.15) is 8.78 Å². The van der Waals surface area contributed by atoms with E-state index < -0.39 is 6.55 Å². The SMILES string of the molecule is OCCOCCN1CCN(Cc2nccn2C(F)F)CC1. The largest absolute Gasteiger partial charge is 0.394 e. The number of alkyl halides is 2. The van der Waals surface area contributed by atoms with Crippen molar-refractivity contribution in [2.24, 2.45) is 0 Å². The van der Waals surface area contributed by atoms with Crippen molar-refractivity contribution < 1.29 is 18.6 Å². The Kier molecular flexibility index (Phi) is 6.50. The van der Waals surface area contributed by atoms with Gasteiger partial charge in [-0.25, -0.2) is 4.98 Å². The van der Waals surface area contributed by atoms with Gasteiger partial charge in [0.05, 0.1) is 26.4 Å². The highest BCUT2D eigenvalue weighted by atomic mass is 19.3. The van der Waals surface area contributed by atoms with Crippen LogP contribution >= 0.6 is 0 Å². The van der Waals surface area contributed by atoms with Crippen LogP contribution in [0.4, 0.5) is 8.78 Å². The highest BCUT2D eigenvalue weighted by Gasteiger charge is 2.19. The Bertz CT molecular complexity index is 409. The highest BCUT2D eigenvalue weighted by molar-refractivity contribution is 4.93. The summed E-state index contributed by atoms with van der Waals surface area (Å²) in [5, 5.41) is 8.62. The third-order valence-corrected chi connectivity index (χ3v) is 3.58. The van der Waals surface area contributed by atoms with Gasteiger partial charge in [-0.3, -0.25) is 14.4 Å². The molecule has 0 unspecified atom stereocenters. The molecule has 0 saturated carbocycles. The number of hydrogen-bond donors (Lipinski definition) is 1. The van der Waals surface area contributed by atoms with Gasteiger partial charge in [0.1, 0.15) is 5.82 Å². The van der Waals surface area contributed by atoms with Crippen LogP contribution in [0.1, 0.15) is 12.4 Å². The quantitative estimate of drug-likeness (QED) is 0.705. The molecule has 120 valence electrons. The van der Waals surface area contributed by atoms with E-state index in [0.29, 0.717) is 25.6 Å². The van der Waals surface area contributed by atoms with Crippen LogP contribution in [0.15, 0.2) is 12.4 Å². The lowest BCUT2D eigenvalue weighted by Gasteiger charge is -2.34. The molecule has 2 rings (SSSR count). The van der Waals surface area contributed by atoms with Gasteiger partial charge in [-0.1, -0.05) is 0 Å². The molecule has 21 heavy (non-hydrogen) atoms. The van der Waals surface area contributed by atoms with Crippen molar-refractivity contribution in [3.8, 4) is 0 Å². The predicted molar refractivity (Wildman–Crippen MR) is 73.1 cm³/mol. The first kappa shape index (κ1) is 16.3. The Balaban J connectivity index is 1.70. The predicted octanol–water partition coefficient (Wildman–Crippen LogP) is 0.405. The van der Waals surface area contributed by atoms with Crippen molar-refractivity contribution in [3.63, 3.8) is 0 Å². The fourth-order valence-electron chi connectivity index (χ4n) is 2.38. The van der Waals surface area contributed by atoms with Gasteiger partial charge in [0, 0.05) is 45.1 Å². The second-order valence-electron chi connectivity index (χ2n) is 4.98. The zero-order valence-electron chi connectivity index (χ0n) is 12.0. The van der Waals surface area contributed by atoms with Crippen LogP contribution in [0, 0.1) is 0 Å². The number of halogens is 2. The van der Waals surface area contributed by atoms with Crippen LogP contribution in [-0.2, 0) is 11.3 Å². The molecule has 1 saturated heterocycles. The summed E-state index contributed by atoms with van der Waals surface area (Å²) in [6.45, 7) is 3.21. The number of aliphatic hydroxyl groups is 1. The van der Waals surface area contributed by atoms with Crippen molar-refractivity contribution >= 4 is 0 Å². The molecule has 0 spiro atoms. The Hall–Kier alpha value is -1.09. The molecule has 1 aliphatic rings. The van der Waals surface area contributed by atoms with Crippen LogP contribution in [-0.4, -0.2) is 77.0 Å². The second-order valence-corrected chi connectivity index (χ2v) is 4.98. The van der Waals surface area contributed by atoms with Gasteiger partial charge in [0.15, 0.2) is 0 Å². The number of aromatic nitrogens is 2. The van der Waals surface area contributed by atoms with Gasteiger partial charge >= 0.3 is 6.55 Å². The lowest BCUT2D eigenvalue weighted by Crippen LogP contribution is -2.47. The van der Waals surface area contributed by atoms with E-state index in [-0.39, 0.29) is 6.61 Å². The van der Waals surface area contributed by atoms with Crippen LogP contribution in [0.3, 0.4) is 0 Å². The second kappa shape index (κ2) is 8.38. The lowest BCUT2D eigenvalue weighted by atomic mass is 10.3. The summed E-state index contributed by atoms with van der Waals surface area (Å²) in [5.74, 6) is 0.407. The molecule has 1 aromatic rings. The van der Waals surface area contributed by atoms with Gasteiger partial charge in [-0.05, 0) is 0 Å². The van der Waals surface area contributed by atoms with Gasteiger partial charge in [0.2, 0.25) is 0 Å². The number of imidazole rings is 1. The van der Waals surface area contributed by atoms with Gasteiger partial charge < -0.3 is 9.84 Å². The summed E-state index contributed by atoms with van der Waals surface area (Å²) in [7, 11) is 0. The number of piperazine rings is 1. The number of nitrogens with zero attached hydrogens (tertiary/aromatic N) is 4. The van der Waals surface area contributed by atoms with Crippen molar-refractivity contribution in [1.29, 1.82) is 0 Å². The molecule has 2 heterocycles. The van der Waals surface area contributed by atoms with Crippen LogP contribution in [0.5, 0.6) is 0 Å². The highest BCUT2D eigenvalue weighted by Crippen LogP contribution is 2.14. The van der Waals surface area contributed by atoms with E-state index in [9.17, 15) is 8.78 Å². The lowest BCUT2D eigenvalue weighted by molar-refractivity contribution is 0.0496. The maximum Gasteiger partial charge on any atom is 0.319 e. The van der Waals surface area contributed by atoms with E-state index >= 15 is 0 Å². The van der Waals surface area contributed by atoms with Crippen molar-refractivity contribution in [1.82, 2.24) is 19.4 Å². The first-order valence-electron chi connectivity index (χ1n) is 7.14. The Morgan fingerprint density at radius 1 is 1.19 bits per heavy atom. The summed E-state index contributed by atoms with van der Waals surface area (Å²) >= 11 is 0. The average molecular weight is 304 g/mol. The Morgan fingerprint density at radius 2 is 1.90 bits per heavy atom. The molecular weight excluding hydrogens is 282 g/mol. The molecule has 0 aliphatic carbocycles. The normalized spacial score (nSPS) is 17.7. The van der Waals surface area contributed by atoms with E-state index in [0.717, 1.165) is 37.3 Å². The number of rotatable bonds is 8. The number of ether oxygens (including phenoxy) is 1. The van der Waals surface area contributed by atoms with E-state index in [1.807, 2.05) is 0 Å². The molecule has 0 amide bonds. The van der Waals surface area contributed by atoms with Crippen LogP contribution < -0.4 is 0 Å². The molecule has 0 bridgehead atoms. The Morgan fingerprint density at radius 3 is 2.57 bits per heavy atom. The summed E-state index contributed by atoms with van der Waals surface area (Å²) in [5.41, 5.74) is 0. The fourth-order valence-corrected chi connectivity index (χ4v) is 2.38. The summed E-state index contributed by atoms with van der Waals surface area (Å²) < 4.78 is 31.6. The average Bonchev–Trinajstić information content (AvgIpc) is 2.94. The molecule has 1 aromatic heterocycles. The third-order valence-electron chi connectivity index (χ3n) is 3.58. The molecule has 0 aromatic carbocycles. The molecule has 6 nitrogen and oxygen atoms in total. The standard InChI is InChI=1S/C13H22F2N4O2/c14-13(15)19-2-1-16-12(19)11-18-5-3-17(4-6-18)7-9-21-10-8-20/h1-2,13,20H,3-11H2. The zero-order chi connectivity index (χ0) is 15.1. The van der Waals surface area contributed by atoms with Gasteiger partial charge in [-0.15, -0.1) is 0 Å². The number of hydrogen-bond acceptors (Lipinski definition) is 5. The molecule has 0 radical (unpaired) electrons. The molecule has 1 N–H and O–H groups in total. The molecule has 1 fully saturated rings. The third kappa shape index (κ3) is 4.99. The first-order chi connectivity index (χ1) is 10.2. The first-order valence-corrected chi connectivity index (χ1v) is 7.14. The van der Waals surface area contributed by atoms with Crippen molar-refractivity contribution in [3.05, 3.63) is 18.2 Å². The van der Waals surface area contributed by atoms with Crippen LogP contribution in [0.25, 0.3) is 0 Å². The molecule has 1 aliphatic heterocycles. The number of aliphatic hydroxyl groups excluding tert-OH is 1. The maximum absolute atomic E-state index is 12.7. The van der Waals surface area contributed by atoms with Gasteiger partial charge in [0.25, 0.3) is 0 Å². The van der Waals surface area contributed by atoms with E-state index in [2.05, 4.69) is 14.8 Å². The topological polar surface area (TPSA) is 53.8 Å². The summed E-state index contributed by atoms with van der Waals surface area (Å²) in [4.78, 5) is 8.41. The monoisotopic (exact) mass is 304 g/mol.